The normalized spacial score (nSPS) is 28.7. The van der Waals surface area contributed by atoms with Crippen LogP contribution in [0.25, 0.3) is 0 Å². The van der Waals surface area contributed by atoms with Crippen LogP contribution in [0, 0.1) is 5.92 Å². The van der Waals surface area contributed by atoms with Crippen molar-refractivity contribution < 1.29 is 0 Å². The molecule has 1 aliphatic heterocycles. The fourth-order valence-corrected chi connectivity index (χ4v) is 2.25. The highest BCUT2D eigenvalue weighted by molar-refractivity contribution is 4.80. The minimum absolute atomic E-state index is 0.294. The van der Waals surface area contributed by atoms with Gasteiger partial charge in [-0.15, -0.1) is 0 Å². The molecule has 1 fully saturated rings. The number of piperidine rings is 1. The lowest BCUT2D eigenvalue weighted by atomic mass is 9.88. The van der Waals surface area contributed by atoms with Crippen LogP contribution in [0.4, 0.5) is 0 Å². The van der Waals surface area contributed by atoms with Crippen LogP contribution < -0.4 is 11.5 Å². The van der Waals surface area contributed by atoms with Crippen LogP contribution in [0.15, 0.2) is 0 Å². The number of hydrogen-bond acceptors (Lipinski definition) is 3. The van der Waals surface area contributed by atoms with Crippen LogP contribution in [0.1, 0.15) is 32.6 Å². The molecule has 1 rings (SSSR count). The monoisotopic (exact) mass is 199 g/mol. The van der Waals surface area contributed by atoms with Crippen molar-refractivity contribution in [3.05, 3.63) is 0 Å². The van der Waals surface area contributed by atoms with E-state index in [1.165, 1.54) is 25.9 Å². The van der Waals surface area contributed by atoms with Gasteiger partial charge in [-0.25, -0.2) is 0 Å². The third-order valence-electron chi connectivity index (χ3n) is 3.22. The molecule has 3 nitrogen and oxygen atoms in total. The van der Waals surface area contributed by atoms with Crippen LogP contribution in [-0.4, -0.2) is 37.1 Å². The topological polar surface area (TPSA) is 55.3 Å². The van der Waals surface area contributed by atoms with E-state index in [1.54, 1.807) is 0 Å². The summed E-state index contributed by atoms with van der Waals surface area (Å²) in [5.74, 6) is 0.687. The summed E-state index contributed by atoms with van der Waals surface area (Å²) >= 11 is 0. The molecule has 84 valence electrons. The molecule has 14 heavy (non-hydrogen) atoms. The van der Waals surface area contributed by atoms with Crippen LogP contribution in [0.5, 0.6) is 0 Å². The molecule has 4 N–H and O–H groups in total. The van der Waals surface area contributed by atoms with Gasteiger partial charge in [-0.2, -0.15) is 0 Å². The summed E-state index contributed by atoms with van der Waals surface area (Å²) in [6, 6.07) is 0.645. The Morgan fingerprint density at radius 2 is 2.07 bits per heavy atom. The summed E-state index contributed by atoms with van der Waals surface area (Å²) in [6.07, 6.45) is 4.73. The van der Waals surface area contributed by atoms with E-state index in [4.69, 9.17) is 11.5 Å². The van der Waals surface area contributed by atoms with Gasteiger partial charge in [0.05, 0.1) is 0 Å². The average Bonchev–Trinajstić information content (AvgIpc) is 2.14. The van der Waals surface area contributed by atoms with Gasteiger partial charge in [-0.05, 0) is 52.1 Å². The van der Waals surface area contributed by atoms with E-state index in [2.05, 4.69) is 18.9 Å². The maximum atomic E-state index is 6.18. The van der Waals surface area contributed by atoms with Gasteiger partial charge < -0.3 is 16.4 Å². The predicted octanol–water partition coefficient (Wildman–Crippen LogP) is 0.783. The number of likely N-dealkylation sites (tertiary alicyclic amines) is 1. The Bertz CT molecular complexity index is 159. The maximum Gasteiger partial charge on any atom is 0.00799 e. The second-order valence-corrected chi connectivity index (χ2v) is 4.88. The minimum atomic E-state index is 0.294. The first-order valence-electron chi connectivity index (χ1n) is 5.79. The molecule has 3 unspecified atom stereocenters. The fraction of sp³-hybridized carbons (Fsp3) is 1.00. The van der Waals surface area contributed by atoms with Crippen LogP contribution in [-0.2, 0) is 0 Å². The van der Waals surface area contributed by atoms with E-state index in [1.807, 2.05) is 0 Å². The zero-order chi connectivity index (χ0) is 10.6. The summed E-state index contributed by atoms with van der Waals surface area (Å²) in [7, 11) is 2.18. The molecule has 1 heterocycles. The summed E-state index contributed by atoms with van der Waals surface area (Å²) < 4.78 is 0. The molecule has 3 heteroatoms. The Kier molecular flexibility index (Phi) is 4.85. The number of rotatable bonds is 4. The molecule has 0 aromatic rings. The zero-order valence-electron chi connectivity index (χ0n) is 9.58. The van der Waals surface area contributed by atoms with Crippen molar-refractivity contribution in [2.75, 3.05) is 20.1 Å². The first kappa shape index (κ1) is 12.0. The van der Waals surface area contributed by atoms with E-state index in [0.717, 1.165) is 12.8 Å². The van der Waals surface area contributed by atoms with E-state index >= 15 is 0 Å². The van der Waals surface area contributed by atoms with Crippen molar-refractivity contribution in [3.63, 3.8) is 0 Å². The Hall–Kier alpha value is -0.120. The Morgan fingerprint density at radius 3 is 2.64 bits per heavy atom. The van der Waals surface area contributed by atoms with Gasteiger partial charge in [0.15, 0.2) is 0 Å². The molecule has 0 radical (unpaired) electrons. The van der Waals surface area contributed by atoms with Gasteiger partial charge in [0.1, 0.15) is 0 Å². The highest BCUT2D eigenvalue weighted by Crippen LogP contribution is 2.20. The molecule has 0 aromatic carbocycles. The lowest BCUT2D eigenvalue weighted by Crippen LogP contribution is -2.42. The van der Waals surface area contributed by atoms with Gasteiger partial charge in [0, 0.05) is 18.6 Å². The highest BCUT2D eigenvalue weighted by Gasteiger charge is 2.22. The minimum Gasteiger partial charge on any atom is -0.328 e. The number of nitrogens with two attached hydrogens (primary N) is 2. The molecule has 0 amide bonds. The average molecular weight is 199 g/mol. The summed E-state index contributed by atoms with van der Waals surface area (Å²) in [4.78, 5) is 2.39. The summed E-state index contributed by atoms with van der Waals surface area (Å²) in [6.45, 7) is 4.45. The molecule has 1 aliphatic rings. The van der Waals surface area contributed by atoms with Gasteiger partial charge >= 0.3 is 0 Å². The molecule has 1 saturated heterocycles. The van der Waals surface area contributed by atoms with Gasteiger partial charge in [0.25, 0.3) is 0 Å². The fourth-order valence-electron chi connectivity index (χ4n) is 2.25. The molecule has 0 aliphatic carbocycles. The predicted molar refractivity (Wildman–Crippen MR) is 61.1 cm³/mol. The molecule has 0 saturated carbocycles. The lowest BCUT2D eigenvalue weighted by molar-refractivity contribution is 0.182. The third kappa shape index (κ3) is 3.95. The second-order valence-electron chi connectivity index (χ2n) is 4.88. The third-order valence-corrected chi connectivity index (χ3v) is 3.22. The molecule has 0 bridgehead atoms. The quantitative estimate of drug-likeness (QED) is 0.703. The molecule has 3 atom stereocenters. The van der Waals surface area contributed by atoms with Crippen molar-refractivity contribution in [3.8, 4) is 0 Å². The van der Waals surface area contributed by atoms with E-state index < -0.39 is 0 Å². The smallest absolute Gasteiger partial charge is 0.00799 e. The van der Waals surface area contributed by atoms with Gasteiger partial charge in [-0.1, -0.05) is 0 Å². The highest BCUT2D eigenvalue weighted by atomic mass is 15.1. The first-order chi connectivity index (χ1) is 6.59. The van der Waals surface area contributed by atoms with Crippen molar-refractivity contribution >= 4 is 0 Å². The summed E-state index contributed by atoms with van der Waals surface area (Å²) in [5.41, 5.74) is 11.9. The number of hydrogen-bond donors (Lipinski definition) is 2. The standard InChI is InChI=1S/C11H25N3/c1-9(12)5-6-11(13)10-4-3-7-14(2)8-10/h9-11H,3-8,12-13H2,1-2H3. The Labute approximate surface area is 87.8 Å². The lowest BCUT2D eigenvalue weighted by Gasteiger charge is -2.33. The molecular formula is C11H25N3. The van der Waals surface area contributed by atoms with Gasteiger partial charge in [0.2, 0.25) is 0 Å². The number of nitrogens with zero attached hydrogens (tertiary/aromatic N) is 1. The Morgan fingerprint density at radius 1 is 1.36 bits per heavy atom. The Balaban J connectivity index is 2.25. The van der Waals surface area contributed by atoms with Gasteiger partial charge in [-0.3, -0.25) is 0 Å². The largest absolute Gasteiger partial charge is 0.328 e. The van der Waals surface area contributed by atoms with Crippen molar-refractivity contribution in [1.29, 1.82) is 0 Å². The van der Waals surface area contributed by atoms with Crippen molar-refractivity contribution in [2.45, 2.75) is 44.7 Å². The zero-order valence-corrected chi connectivity index (χ0v) is 9.58. The summed E-state index contributed by atoms with van der Waals surface area (Å²) in [5, 5.41) is 0. The van der Waals surface area contributed by atoms with Crippen molar-refractivity contribution in [2.24, 2.45) is 17.4 Å². The van der Waals surface area contributed by atoms with E-state index in [0.29, 0.717) is 18.0 Å². The van der Waals surface area contributed by atoms with Crippen molar-refractivity contribution in [1.82, 2.24) is 4.90 Å². The second kappa shape index (κ2) is 5.69. The molecular weight excluding hydrogens is 174 g/mol. The maximum absolute atomic E-state index is 6.18. The molecule has 0 spiro atoms. The van der Waals surface area contributed by atoms with E-state index in [-0.39, 0.29) is 0 Å². The molecule has 0 aromatic heterocycles. The van der Waals surface area contributed by atoms with Crippen LogP contribution in [0.3, 0.4) is 0 Å². The van der Waals surface area contributed by atoms with Crippen LogP contribution >= 0.6 is 0 Å². The SMILES string of the molecule is CC(N)CCC(N)C1CCCN(C)C1. The first-order valence-corrected chi connectivity index (χ1v) is 5.79. The van der Waals surface area contributed by atoms with E-state index in [9.17, 15) is 0 Å². The van der Waals surface area contributed by atoms with Crippen LogP contribution in [0.2, 0.25) is 0 Å².